The monoisotopic (exact) mass is 265 g/mol. The maximum absolute atomic E-state index is 11.8. The molecule has 0 bridgehead atoms. The van der Waals surface area contributed by atoms with Crippen molar-refractivity contribution in [3.63, 3.8) is 0 Å². The van der Waals surface area contributed by atoms with Crippen LogP contribution in [0, 0.1) is 0 Å². The molecule has 2 aromatic carbocycles. The number of nitrogens with zero attached hydrogens (tertiary/aromatic N) is 1. The molecular weight excluding hydrogens is 250 g/mol. The Morgan fingerprint density at radius 2 is 1.85 bits per heavy atom. The molecule has 3 nitrogen and oxygen atoms in total. The van der Waals surface area contributed by atoms with E-state index in [9.17, 15) is 4.79 Å². The van der Waals surface area contributed by atoms with Crippen molar-refractivity contribution in [2.45, 2.75) is 6.92 Å². The first-order valence-electron chi connectivity index (χ1n) is 6.46. The highest BCUT2D eigenvalue weighted by Crippen LogP contribution is 2.33. The zero-order valence-corrected chi connectivity index (χ0v) is 11.5. The van der Waals surface area contributed by atoms with Gasteiger partial charge in [0.2, 0.25) is 5.91 Å². The summed E-state index contributed by atoms with van der Waals surface area (Å²) < 4.78 is 6.97. The van der Waals surface area contributed by atoms with Crippen molar-refractivity contribution in [3.05, 3.63) is 54.7 Å². The van der Waals surface area contributed by atoms with Crippen LogP contribution in [-0.2, 0) is 0 Å². The van der Waals surface area contributed by atoms with Gasteiger partial charge in [0.25, 0.3) is 0 Å². The normalized spacial score (nSPS) is 10.7. The lowest BCUT2D eigenvalue weighted by Gasteiger charge is -2.02. The van der Waals surface area contributed by atoms with Crippen molar-refractivity contribution in [2.24, 2.45) is 0 Å². The molecule has 3 heteroatoms. The van der Waals surface area contributed by atoms with Gasteiger partial charge in [-0.1, -0.05) is 30.3 Å². The molecule has 0 aliphatic carbocycles. The second-order valence-electron chi connectivity index (χ2n) is 4.68. The molecule has 0 unspecified atom stereocenters. The third-order valence-electron chi connectivity index (χ3n) is 3.44. The van der Waals surface area contributed by atoms with Crippen molar-refractivity contribution in [2.75, 3.05) is 7.11 Å². The van der Waals surface area contributed by atoms with Crippen LogP contribution in [0.1, 0.15) is 11.7 Å². The van der Waals surface area contributed by atoms with Crippen LogP contribution in [0.2, 0.25) is 0 Å². The van der Waals surface area contributed by atoms with E-state index in [0.717, 1.165) is 27.8 Å². The molecule has 1 heterocycles. The summed E-state index contributed by atoms with van der Waals surface area (Å²) >= 11 is 0. The Kier molecular flexibility index (Phi) is 3.03. The molecule has 0 spiro atoms. The summed E-state index contributed by atoms with van der Waals surface area (Å²) in [5, 5.41) is 1.02. The molecule has 3 aromatic rings. The minimum Gasteiger partial charge on any atom is -0.497 e. The van der Waals surface area contributed by atoms with Crippen LogP contribution in [-0.4, -0.2) is 17.6 Å². The smallest absolute Gasteiger partial charge is 0.227 e. The van der Waals surface area contributed by atoms with E-state index in [0.29, 0.717) is 0 Å². The van der Waals surface area contributed by atoms with Gasteiger partial charge in [-0.25, -0.2) is 0 Å². The molecule has 0 N–H and O–H groups in total. The molecule has 1 aromatic heterocycles. The van der Waals surface area contributed by atoms with Crippen LogP contribution < -0.4 is 4.74 Å². The summed E-state index contributed by atoms with van der Waals surface area (Å²) in [6.07, 6.45) is 1.89. The molecular formula is C17H15NO2. The first kappa shape index (κ1) is 12.5. The van der Waals surface area contributed by atoms with Gasteiger partial charge in [0.1, 0.15) is 5.75 Å². The van der Waals surface area contributed by atoms with Gasteiger partial charge in [0, 0.05) is 24.1 Å². The molecule has 0 aliphatic rings. The molecule has 3 rings (SSSR count). The molecule has 100 valence electrons. The van der Waals surface area contributed by atoms with Crippen LogP contribution >= 0.6 is 0 Å². The van der Waals surface area contributed by atoms with E-state index < -0.39 is 0 Å². The van der Waals surface area contributed by atoms with E-state index in [1.54, 1.807) is 18.6 Å². The van der Waals surface area contributed by atoms with Crippen molar-refractivity contribution >= 4 is 16.8 Å². The molecule has 0 aliphatic heterocycles. The van der Waals surface area contributed by atoms with E-state index in [1.807, 2.05) is 54.7 Å². The lowest BCUT2D eigenvalue weighted by atomic mass is 10.0. The van der Waals surface area contributed by atoms with E-state index in [2.05, 4.69) is 0 Å². The number of carbonyl (C=O) groups excluding carboxylic acids is 1. The number of rotatable bonds is 2. The van der Waals surface area contributed by atoms with Crippen molar-refractivity contribution in [1.82, 2.24) is 4.57 Å². The standard InChI is InChI=1S/C17H15NO2/c1-12(19)18-11-16(13-6-4-3-5-7-13)15-10-14(20-2)8-9-17(15)18/h3-11H,1-2H3. The fraction of sp³-hybridized carbons (Fsp3) is 0.118. The fourth-order valence-electron chi connectivity index (χ4n) is 2.44. The number of methoxy groups -OCH3 is 1. The first-order valence-corrected chi connectivity index (χ1v) is 6.46. The Bertz CT molecular complexity index is 772. The van der Waals surface area contributed by atoms with Crippen molar-refractivity contribution in [3.8, 4) is 16.9 Å². The molecule has 0 atom stereocenters. The summed E-state index contributed by atoms with van der Waals surface area (Å²) in [4.78, 5) is 11.8. The minimum absolute atomic E-state index is 0.00217. The highest BCUT2D eigenvalue weighted by atomic mass is 16.5. The Hall–Kier alpha value is -2.55. The third kappa shape index (κ3) is 1.97. The van der Waals surface area contributed by atoms with Gasteiger partial charge in [0.15, 0.2) is 0 Å². The largest absolute Gasteiger partial charge is 0.497 e. The quantitative estimate of drug-likeness (QED) is 0.702. The van der Waals surface area contributed by atoms with Gasteiger partial charge in [0.05, 0.1) is 12.6 Å². The van der Waals surface area contributed by atoms with Gasteiger partial charge in [-0.3, -0.25) is 9.36 Å². The molecule has 0 amide bonds. The molecule has 0 fully saturated rings. The predicted octanol–water partition coefficient (Wildman–Crippen LogP) is 3.98. The Morgan fingerprint density at radius 1 is 1.10 bits per heavy atom. The highest BCUT2D eigenvalue weighted by Gasteiger charge is 2.13. The van der Waals surface area contributed by atoms with Crippen LogP contribution in [0.3, 0.4) is 0 Å². The lowest BCUT2D eigenvalue weighted by Crippen LogP contribution is -2.02. The first-order chi connectivity index (χ1) is 9.70. The van der Waals surface area contributed by atoms with Crippen LogP contribution in [0.15, 0.2) is 54.7 Å². The average molecular weight is 265 g/mol. The Morgan fingerprint density at radius 3 is 2.50 bits per heavy atom. The second-order valence-corrected chi connectivity index (χ2v) is 4.68. The molecule has 0 radical (unpaired) electrons. The fourth-order valence-corrected chi connectivity index (χ4v) is 2.44. The number of aromatic nitrogens is 1. The lowest BCUT2D eigenvalue weighted by molar-refractivity contribution is 0.0941. The number of ether oxygens (including phenoxy) is 1. The van der Waals surface area contributed by atoms with Crippen LogP contribution in [0.5, 0.6) is 5.75 Å². The van der Waals surface area contributed by atoms with Gasteiger partial charge >= 0.3 is 0 Å². The maximum Gasteiger partial charge on any atom is 0.227 e. The third-order valence-corrected chi connectivity index (χ3v) is 3.44. The molecule has 20 heavy (non-hydrogen) atoms. The summed E-state index contributed by atoms with van der Waals surface area (Å²) in [5.74, 6) is 0.790. The number of carbonyl (C=O) groups is 1. The second kappa shape index (κ2) is 4.85. The zero-order chi connectivity index (χ0) is 14.1. The van der Waals surface area contributed by atoms with Gasteiger partial charge < -0.3 is 4.74 Å². The summed E-state index contributed by atoms with van der Waals surface area (Å²) in [6, 6.07) is 15.8. The Balaban J connectivity index is 2.33. The van der Waals surface area contributed by atoms with Crippen molar-refractivity contribution in [1.29, 1.82) is 0 Å². The van der Waals surface area contributed by atoms with E-state index in [-0.39, 0.29) is 5.91 Å². The SMILES string of the molecule is COc1ccc2c(c1)c(-c1ccccc1)cn2C(C)=O. The summed E-state index contributed by atoms with van der Waals surface area (Å²) in [5.41, 5.74) is 3.03. The maximum atomic E-state index is 11.8. The Labute approximate surface area is 117 Å². The zero-order valence-electron chi connectivity index (χ0n) is 11.5. The van der Waals surface area contributed by atoms with Crippen LogP contribution in [0.25, 0.3) is 22.0 Å². The number of hydrogen-bond acceptors (Lipinski definition) is 2. The predicted molar refractivity (Wildman–Crippen MR) is 80.2 cm³/mol. The van der Waals surface area contributed by atoms with E-state index in [4.69, 9.17) is 4.74 Å². The number of benzene rings is 2. The number of hydrogen-bond donors (Lipinski definition) is 0. The van der Waals surface area contributed by atoms with Gasteiger partial charge in [-0.2, -0.15) is 0 Å². The van der Waals surface area contributed by atoms with Crippen LogP contribution in [0.4, 0.5) is 0 Å². The van der Waals surface area contributed by atoms with E-state index in [1.165, 1.54) is 0 Å². The minimum atomic E-state index is 0.00217. The van der Waals surface area contributed by atoms with Gasteiger partial charge in [-0.15, -0.1) is 0 Å². The molecule has 0 saturated heterocycles. The highest BCUT2D eigenvalue weighted by molar-refractivity contribution is 6.02. The van der Waals surface area contributed by atoms with Gasteiger partial charge in [-0.05, 0) is 23.8 Å². The summed E-state index contributed by atoms with van der Waals surface area (Å²) in [6.45, 7) is 1.57. The van der Waals surface area contributed by atoms with Crippen molar-refractivity contribution < 1.29 is 9.53 Å². The summed E-state index contributed by atoms with van der Waals surface area (Å²) in [7, 11) is 1.64. The molecule has 0 saturated carbocycles. The van der Waals surface area contributed by atoms with E-state index >= 15 is 0 Å². The topological polar surface area (TPSA) is 31.2 Å². The number of fused-ring (bicyclic) bond motifs is 1. The average Bonchev–Trinajstić information content (AvgIpc) is 2.87.